The molecule has 2 aromatic rings. The van der Waals surface area contributed by atoms with Crippen molar-refractivity contribution in [1.29, 1.82) is 0 Å². The minimum absolute atomic E-state index is 0.00847. The Kier molecular flexibility index (Phi) is 4.86. The van der Waals surface area contributed by atoms with E-state index in [0.29, 0.717) is 17.6 Å². The van der Waals surface area contributed by atoms with E-state index in [1.54, 1.807) is 4.57 Å². The molecule has 1 unspecified atom stereocenters. The van der Waals surface area contributed by atoms with Crippen LogP contribution in [0, 0.1) is 0 Å². The monoisotopic (exact) mass is 317 g/mol. The predicted octanol–water partition coefficient (Wildman–Crippen LogP) is -0.516. The molecule has 2 rings (SSSR count). The molecule has 11 heteroatoms. The van der Waals surface area contributed by atoms with Crippen molar-refractivity contribution < 1.29 is 24.2 Å². The largest absolute Gasteiger partial charge is 0.396 e. The molecule has 0 radical (unpaired) electrons. The van der Waals surface area contributed by atoms with Crippen molar-refractivity contribution in [1.82, 2.24) is 19.5 Å². The highest BCUT2D eigenvalue weighted by molar-refractivity contribution is 7.51. The molecule has 0 saturated carbocycles. The summed E-state index contributed by atoms with van der Waals surface area (Å²) in [5, 5.41) is 9.13. The van der Waals surface area contributed by atoms with Crippen LogP contribution >= 0.6 is 7.60 Å². The van der Waals surface area contributed by atoms with Gasteiger partial charge in [-0.2, -0.15) is 0 Å². The maximum absolute atomic E-state index is 10.8. The van der Waals surface area contributed by atoms with Gasteiger partial charge in [0.15, 0.2) is 11.5 Å². The topological polar surface area (TPSA) is 157 Å². The number of ether oxygens (including phenoxy) is 1. The van der Waals surface area contributed by atoms with Gasteiger partial charge in [-0.05, 0) is 6.42 Å². The molecule has 0 fully saturated rings. The summed E-state index contributed by atoms with van der Waals surface area (Å²) in [6, 6.07) is -0.389. The van der Waals surface area contributed by atoms with E-state index in [9.17, 15) is 4.57 Å². The summed E-state index contributed by atoms with van der Waals surface area (Å²) < 4.78 is 17.4. The van der Waals surface area contributed by atoms with Crippen molar-refractivity contribution in [3.8, 4) is 0 Å². The fraction of sp³-hybridized carbons (Fsp3) is 0.500. The Morgan fingerprint density at radius 2 is 2.14 bits per heavy atom. The van der Waals surface area contributed by atoms with Crippen molar-refractivity contribution in [2.24, 2.45) is 0 Å². The number of nitrogen functional groups attached to an aromatic ring is 1. The van der Waals surface area contributed by atoms with Crippen LogP contribution in [-0.2, 0) is 9.30 Å². The molecule has 0 bridgehead atoms. The summed E-state index contributed by atoms with van der Waals surface area (Å²) >= 11 is 0. The molecular weight excluding hydrogens is 301 g/mol. The number of aromatic nitrogens is 4. The van der Waals surface area contributed by atoms with E-state index in [2.05, 4.69) is 15.0 Å². The van der Waals surface area contributed by atoms with Gasteiger partial charge in [0.05, 0.1) is 19.0 Å². The third kappa shape index (κ3) is 3.96. The van der Waals surface area contributed by atoms with E-state index in [1.807, 2.05) is 0 Å². The molecular formula is C10H16N5O5P. The number of nitrogens with two attached hydrogens (primary N) is 1. The van der Waals surface area contributed by atoms with Gasteiger partial charge >= 0.3 is 7.60 Å². The lowest BCUT2D eigenvalue weighted by molar-refractivity contribution is 0.112. The predicted molar refractivity (Wildman–Crippen MR) is 73.3 cm³/mol. The smallest absolute Gasteiger partial charge is 0.350 e. The fourth-order valence-electron chi connectivity index (χ4n) is 1.94. The van der Waals surface area contributed by atoms with Crippen molar-refractivity contribution >= 4 is 24.6 Å². The summed E-state index contributed by atoms with van der Waals surface area (Å²) in [6.45, 7) is -0.136. The summed E-state index contributed by atoms with van der Waals surface area (Å²) in [4.78, 5) is 29.5. The molecule has 0 saturated heterocycles. The minimum atomic E-state index is -4.23. The van der Waals surface area contributed by atoms with Crippen LogP contribution in [-0.4, -0.2) is 54.0 Å². The number of aliphatic hydroxyl groups is 1. The van der Waals surface area contributed by atoms with E-state index in [0.717, 1.165) is 0 Å². The van der Waals surface area contributed by atoms with Gasteiger partial charge in [-0.15, -0.1) is 0 Å². The van der Waals surface area contributed by atoms with Crippen molar-refractivity contribution in [2.75, 3.05) is 25.3 Å². The maximum atomic E-state index is 10.8. The van der Waals surface area contributed by atoms with Gasteiger partial charge in [-0.3, -0.25) is 4.57 Å². The van der Waals surface area contributed by atoms with E-state index in [1.165, 1.54) is 12.7 Å². The first-order valence-corrected chi connectivity index (χ1v) is 7.88. The number of rotatable bonds is 7. The molecule has 10 nitrogen and oxygen atoms in total. The molecule has 2 heterocycles. The second-order valence-corrected chi connectivity index (χ2v) is 6.00. The zero-order chi connectivity index (χ0) is 15.5. The first-order valence-electron chi connectivity index (χ1n) is 6.08. The molecule has 0 aliphatic heterocycles. The third-order valence-corrected chi connectivity index (χ3v) is 3.34. The van der Waals surface area contributed by atoms with Gasteiger partial charge < -0.3 is 29.9 Å². The lowest BCUT2D eigenvalue weighted by Crippen LogP contribution is -2.17. The van der Waals surface area contributed by atoms with Crippen LogP contribution in [0.1, 0.15) is 12.5 Å². The zero-order valence-corrected chi connectivity index (χ0v) is 11.9. The normalized spacial score (nSPS) is 13.7. The van der Waals surface area contributed by atoms with Crippen LogP contribution in [0.15, 0.2) is 12.7 Å². The highest BCUT2D eigenvalue weighted by Gasteiger charge is 2.19. The second-order valence-electron chi connectivity index (χ2n) is 4.41. The number of fused-ring (bicyclic) bond motifs is 1. The molecule has 5 N–H and O–H groups in total. The standard InChI is InChI=1S/C10H16N5O5P/c11-9-8-10(13-4-12-9)14-5-15(8)7(1-2-16)3-20-6-21(17,18)19/h4-5,7,16H,1-3,6H2,(H2,11,12,13)(H2,17,18,19). The molecule has 21 heavy (non-hydrogen) atoms. The second kappa shape index (κ2) is 6.46. The molecule has 0 aliphatic rings. The highest BCUT2D eigenvalue weighted by atomic mass is 31.2. The summed E-state index contributed by atoms with van der Waals surface area (Å²) in [6.07, 6.45) is 2.39. The Bertz CT molecular complexity index is 656. The van der Waals surface area contributed by atoms with Gasteiger partial charge in [-0.1, -0.05) is 0 Å². The van der Waals surface area contributed by atoms with E-state index >= 15 is 0 Å². The first kappa shape index (κ1) is 15.8. The van der Waals surface area contributed by atoms with E-state index in [4.69, 9.17) is 25.4 Å². The maximum Gasteiger partial charge on any atom is 0.350 e. The first-order chi connectivity index (χ1) is 9.92. The third-order valence-electron chi connectivity index (χ3n) is 2.82. The highest BCUT2D eigenvalue weighted by Crippen LogP contribution is 2.34. The van der Waals surface area contributed by atoms with Crippen molar-refractivity contribution in [3.63, 3.8) is 0 Å². The van der Waals surface area contributed by atoms with Crippen LogP contribution in [0.2, 0.25) is 0 Å². The molecule has 2 aromatic heterocycles. The Labute approximate surface area is 119 Å². The number of aliphatic hydroxyl groups excluding tert-OH is 1. The van der Waals surface area contributed by atoms with Crippen LogP contribution in [0.4, 0.5) is 5.82 Å². The molecule has 1 atom stereocenters. The summed E-state index contributed by atoms with van der Waals surface area (Å²) in [7, 11) is -4.23. The summed E-state index contributed by atoms with van der Waals surface area (Å²) in [5.41, 5.74) is 6.69. The fourth-order valence-corrected chi connectivity index (χ4v) is 2.28. The lowest BCUT2D eigenvalue weighted by atomic mass is 10.2. The quantitative estimate of drug-likeness (QED) is 0.493. The number of anilines is 1. The molecule has 0 aliphatic carbocycles. The Morgan fingerprint density at radius 1 is 1.38 bits per heavy atom. The number of imidazole rings is 1. The Balaban J connectivity index is 2.22. The number of nitrogens with zero attached hydrogens (tertiary/aromatic N) is 4. The lowest BCUT2D eigenvalue weighted by Gasteiger charge is -2.19. The molecule has 0 spiro atoms. The van der Waals surface area contributed by atoms with Gasteiger partial charge in [-0.25, -0.2) is 15.0 Å². The van der Waals surface area contributed by atoms with Crippen molar-refractivity contribution in [3.05, 3.63) is 12.7 Å². The zero-order valence-electron chi connectivity index (χ0n) is 11.0. The van der Waals surface area contributed by atoms with Crippen LogP contribution in [0.25, 0.3) is 11.2 Å². The number of hydrogen-bond acceptors (Lipinski definition) is 7. The SMILES string of the molecule is Nc1ncnc2ncn(C(CCO)COCP(=O)(O)O)c12. The van der Waals surface area contributed by atoms with Gasteiger partial charge in [0, 0.05) is 6.61 Å². The Hall–Kier alpha value is -1.58. The van der Waals surface area contributed by atoms with E-state index < -0.39 is 13.9 Å². The Morgan fingerprint density at radius 3 is 2.81 bits per heavy atom. The molecule has 0 amide bonds. The van der Waals surface area contributed by atoms with Crippen molar-refractivity contribution in [2.45, 2.75) is 12.5 Å². The van der Waals surface area contributed by atoms with Gasteiger partial charge in [0.2, 0.25) is 0 Å². The minimum Gasteiger partial charge on any atom is -0.396 e. The molecule has 0 aromatic carbocycles. The van der Waals surface area contributed by atoms with E-state index in [-0.39, 0.29) is 25.1 Å². The van der Waals surface area contributed by atoms with Gasteiger partial charge in [0.1, 0.15) is 18.2 Å². The average molecular weight is 317 g/mol. The average Bonchev–Trinajstić information content (AvgIpc) is 2.81. The molecule has 116 valence electrons. The van der Waals surface area contributed by atoms with Crippen LogP contribution in [0.3, 0.4) is 0 Å². The summed E-state index contributed by atoms with van der Waals surface area (Å²) in [5.74, 6) is 0.232. The van der Waals surface area contributed by atoms with Crippen LogP contribution in [0.5, 0.6) is 0 Å². The van der Waals surface area contributed by atoms with Gasteiger partial charge in [0.25, 0.3) is 0 Å². The van der Waals surface area contributed by atoms with Crippen LogP contribution < -0.4 is 5.73 Å². The number of hydrogen-bond donors (Lipinski definition) is 4.